The summed E-state index contributed by atoms with van der Waals surface area (Å²) in [4.78, 5) is 29.2. The van der Waals surface area contributed by atoms with Gasteiger partial charge in [0.2, 0.25) is 0 Å². The molecule has 2 aromatic carbocycles. The number of hydrogen-bond acceptors (Lipinski definition) is 5. The number of methoxy groups -OCH3 is 1. The Morgan fingerprint density at radius 2 is 1.88 bits per heavy atom. The summed E-state index contributed by atoms with van der Waals surface area (Å²) >= 11 is 0. The van der Waals surface area contributed by atoms with Gasteiger partial charge in [-0.25, -0.2) is 9.78 Å². The number of hydrogen-bond donors (Lipinski definition) is 2. The minimum absolute atomic E-state index is 0.122. The number of nitrogens with zero attached hydrogens (tertiary/aromatic N) is 2. The third-order valence-electron chi connectivity index (χ3n) is 4.71. The van der Waals surface area contributed by atoms with Crippen molar-refractivity contribution >= 4 is 23.1 Å². The van der Waals surface area contributed by atoms with Crippen molar-refractivity contribution in [2.24, 2.45) is 0 Å². The van der Waals surface area contributed by atoms with Crippen LogP contribution in [0.15, 0.2) is 77.7 Å². The van der Waals surface area contributed by atoms with Crippen molar-refractivity contribution in [1.82, 2.24) is 9.38 Å². The SMILES string of the molecule is COc1ccccc1NC(=O)Nc1cccc(OCc2cc(=O)n3ccc(C)cc3n2)c1. The van der Waals surface area contributed by atoms with Crippen LogP contribution < -0.4 is 25.7 Å². The van der Waals surface area contributed by atoms with Gasteiger partial charge in [-0.05, 0) is 48.9 Å². The number of carbonyl (C=O) groups is 1. The summed E-state index contributed by atoms with van der Waals surface area (Å²) in [6.45, 7) is 2.06. The molecule has 0 unspecified atom stereocenters. The molecule has 4 rings (SSSR count). The monoisotopic (exact) mass is 430 g/mol. The van der Waals surface area contributed by atoms with Gasteiger partial charge in [0.1, 0.15) is 23.8 Å². The normalized spacial score (nSPS) is 10.6. The number of fused-ring (bicyclic) bond motifs is 1. The Hall–Kier alpha value is -4.33. The van der Waals surface area contributed by atoms with Crippen molar-refractivity contribution in [2.75, 3.05) is 17.7 Å². The standard InChI is InChI=1S/C24H22N4O4/c1-16-10-11-28-22(12-16)25-18(14-23(28)29)15-32-19-7-5-6-17(13-19)26-24(30)27-20-8-3-4-9-21(20)31-2/h3-14H,15H2,1-2H3,(H2,26,27,30). The number of ether oxygens (including phenoxy) is 2. The number of aryl methyl sites for hydroxylation is 1. The summed E-state index contributed by atoms with van der Waals surface area (Å²) in [5, 5.41) is 5.52. The number of pyridine rings is 1. The number of amides is 2. The summed E-state index contributed by atoms with van der Waals surface area (Å²) < 4.78 is 12.5. The molecule has 0 aliphatic heterocycles. The Morgan fingerprint density at radius 1 is 1.03 bits per heavy atom. The molecule has 0 radical (unpaired) electrons. The molecular formula is C24H22N4O4. The summed E-state index contributed by atoms with van der Waals surface area (Å²) in [5.74, 6) is 1.10. The Kier molecular flexibility index (Phi) is 6.03. The van der Waals surface area contributed by atoms with Gasteiger partial charge < -0.3 is 20.1 Å². The fraction of sp³-hybridized carbons (Fsp3) is 0.125. The lowest BCUT2D eigenvalue weighted by molar-refractivity contribution is 0.262. The van der Waals surface area contributed by atoms with Crippen LogP contribution in [0.2, 0.25) is 0 Å². The van der Waals surface area contributed by atoms with Crippen LogP contribution in [0.3, 0.4) is 0 Å². The van der Waals surface area contributed by atoms with Gasteiger partial charge in [-0.2, -0.15) is 0 Å². The molecule has 2 N–H and O–H groups in total. The van der Waals surface area contributed by atoms with E-state index in [-0.39, 0.29) is 12.2 Å². The van der Waals surface area contributed by atoms with Crippen LogP contribution in [0.25, 0.3) is 5.65 Å². The number of rotatable bonds is 6. The average molecular weight is 430 g/mol. The lowest BCUT2D eigenvalue weighted by atomic mass is 10.3. The Bertz CT molecular complexity index is 1330. The molecule has 8 heteroatoms. The van der Waals surface area contributed by atoms with Crippen molar-refractivity contribution in [3.05, 3.63) is 94.5 Å². The fourth-order valence-electron chi connectivity index (χ4n) is 3.18. The molecule has 162 valence electrons. The third-order valence-corrected chi connectivity index (χ3v) is 4.71. The van der Waals surface area contributed by atoms with Crippen LogP contribution in [0.5, 0.6) is 11.5 Å². The second-order valence-electron chi connectivity index (χ2n) is 7.11. The van der Waals surface area contributed by atoms with Crippen molar-refractivity contribution in [3.8, 4) is 11.5 Å². The first-order chi connectivity index (χ1) is 15.5. The molecule has 0 aliphatic rings. The van der Waals surface area contributed by atoms with Crippen molar-refractivity contribution in [1.29, 1.82) is 0 Å². The maximum absolute atomic E-state index is 12.4. The summed E-state index contributed by atoms with van der Waals surface area (Å²) in [6, 6.07) is 18.8. The topological polar surface area (TPSA) is 94.0 Å². The molecule has 0 bridgehead atoms. The highest BCUT2D eigenvalue weighted by Crippen LogP contribution is 2.24. The van der Waals surface area contributed by atoms with E-state index in [0.717, 1.165) is 5.56 Å². The summed E-state index contributed by atoms with van der Waals surface area (Å²) in [7, 11) is 1.54. The second kappa shape index (κ2) is 9.22. The smallest absolute Gasteiger partial charge is 0.323 e. The van der Waals surface area contributed by atoms with Gasteiger partial charge in [0.05, 0.1) is 18.5 Å². The molecule has 0 fully saturated rings. The molecule has 2 amide bonds. The van der Waals surface area contributed by atoms with Crippen LogP contribution in [0.1, 0.15) is 11.3 Å². The maximum atomic E-state index is 12.4. The van der Waals surface area contributed by atoms with Crippen molar-refractivity contribution in [3.63, 3.8) is 0 Å². The van der Waals surface area contributed by atoms with Gasteiger partial charge in [0, 0.05) is 24.0 Å². The number of para-hydroxylation sites is 2. The van der Waals surface area contributed by atoms with Crippen LogP contribution in [0, 0.1) is 6.92 Å². The Labute approximate surface area is 184 Å². The minimum Gasteiger partial charge on any atom is -0.495 e. The average Bonchev–Trinajstić information content (AvgIpc) is 2.78. The van der Waals surface area contributed by atoms with Gasteiger partial charge in [-0.1, -0.05) is 18.2 Å². The number of benzene rings is 2. The maximum Gasteiger partial charge on any atom is 0.323 e. The number of carbonyl (C=O) groups excluding carboxylic acids is 1. The lowest BCUT2D eigenvalue weighted by Gasteiger charge is -2.12. The second-order valence-corrected chi connectivity index (χ2v) is 7.11. The molecule has 32 heavy (non-hydrogen) atoms. The van der Waals surface area contributed by atoms with Crippen LogP contribution in [0.4, 0.5) is 16.2 Å². The molecule has 0 saturated heterocycles. The largest absolute Gasteiger partial charge is 0.495 e. The van der Waals surface area contributed by atoms with Crippen molar-refractivity contribution in [2.45, 2.75) is 13.5 Å². The molecule has 8 nitrogen and oxygen atoms in total. The summed E-state index contributed by atoms with van der Waals surface area (Å²) in [6.07, 6.45) is 1.70. The van der Waals surface area contributed by atoms with Gasteiger partial charge in [-0.15, -0.1) is 0 Å². The molecule has 0 atom stereocenters. The highest BCUT2D eigenvalue weighted by atomic mass is 16.5. The lowest BCUT2D eigenvalue weighted by Crippen LogP contribution is -2.19. The van der Waals surface area contributed by atoms with E-state index in [1.807, 2.05) is 25.1 Å². The van der Waals surface area contributed by atoms with Crippen LogP contribution in [-0.4, -0.2) is 22.5 Å². The molecule has 0 saturated carbocycles. The Morgan fingerprint density at radius 3 is 2.72 bits per heavy atom. The zero-order chi connectivity index (χ0) is 22.5. The third kappa shape index (κ3) is 4.86. The first kappa shape index (κ1) is 20.9. The van der Waals surface area contributed by atoms with E-state index in [1.54, 1.807) is 55.8 Å². The quantitative estimate of drug-likeness (QED) is 0.477. The van der Waals surface area contributed by atoms with E-state index >= 15 is 0 Å². The molecule has 4 aromatic rings. The fourth-order valence-corrected chi connectivity index (χ4v) is 3.18. The van der Waals surface area contributed by atoms with E-state index in [0.29, 0.717) is 34.2 Å². The van der Waals surface area contributed by atoms with Crippen molar-refractivity contribution < 1.29 is 14.3 Å². The molecule has 2 aromatic heterocycles. The van der Waals surface area contributed by atoms with Gasteiger partial charge in [0.15, 0.2) is 0 Å². The Balaban J connectivity index is 1.43. The number of anilines is 2. The highest BCUT2D eigenvalue weighted by Gasteiger charge is 2.08. The molecular weight excluding hydrogens is 408 g/mol. The van der Waals surface area contributed by atoms with Gasteiger partial charge in [0.25, 0.3) is 5.56 Å². The first-order valence-corrected chi connectivity index (χ1v) is 9.95. The molecule has 2 heterocycles. The highest BCUT2D eigenvalue weighted by molar-refractivity contribution is 6.00. The predicted octanol–water partition coefficient (Wildman–Crippen LogP) is 4.23. The van der Waals surface area contributed by atoms with Gasteiger partial charge in [-0.3, -0.25) is 9.20 Å². The molecule has 0 spiro atoms. The van der Waals surface area contributed by atoms with E-state index in [9.17, 15) is 9.59 Å². The number of nitrogens with one attached hydrogen (secondary N) is 2. The van der Waals surface area contributed by atoms with E-state index in [2.05, 4.69) is 15.6 Å². The summed E-state index contributed by atoms with van der Waals surface area (Å²) in [5.41, 5.74) is 3.05. The first-order valence-electron chi connectivity index (χ1n) is 9.95. The number of aromatic nitrogens is 2. The van der Waals surface area contributed by atoms with Gasteiger partial charge >= 0.3 is 6.03 Å². The van der Waals surface area contributed by atoms with E-state index in [1.165, 1.54) is 10.5 Å². The van der Waals surface area contributed by atoms with E-state index < -0.39 is 6.03 Å². The zero-order valence-electron chi connectivity index (χ0n) is 17.7. The van der Waals surface area contributed by atoms with Crippen LogP contribution in [-0.2, 0) is 6.61 Å². The molecule has 0 aliphatic carbocycles. The predicted molar refractivity (Wildman–Crippen MR) is 123 cm³/mol. The van der Waals surface area contributed by atoms with E-state index in [4.69, 9.17) is 9.47 Å². The zero-order valence-corrected chi connectivity index (χ0v) is 17.7. The number of urea groups is 1. The van der Waals surface area contributed by atoms with Crippen LogP contribution >= 0.6 is 0 Å². The minimum atomic E-state index is -0.411.